The summed E-state index contributed by atoms with van der Waals surface area (Å²) in [6.45, 7) is 5.39. The molecule has 1 aliphatic heterocycles. The molecule has 0 amide bonds. The second-order valence-corrected chi connectivity index (χ2v) is 4.74. The summed E-state index contributed by atoms with van der Waals surface area (Å²) in [5, 5.41) is 10.2. The summed E-state index contributed by atoms with van der Waals surface area (Å²) in [6, 6.07) is 1.77. The summed E-state index contributed by atoms with van der Waals surface area (Å²) < 4.78 is 0. The molecule has 1 fully saturated rings. The van der Waals surface area contributed by atoms with Crippen molar-refractivity contribution in [2.24, 2.45) is 0 Å². The van der Waals surface area contributed by atoms with E-state index in [9.17, 15) is 5.11 Å². The predicted octanol–water partition coefficient (Wildman–Crippen LogP) is -1.41. The average Bonchev–Trinajstić information content (AvgIpc) is 2.59. The quantitative estimate of drug-likeness (QED) is 0.516. The lowest BCUT2D eigenvalue weighted by atomic mass is 9.72. The van der Waals surface area contributed by atoms with Crippen molar-refractivity contribution in [2.45, 2.75) is 5.52 Å². The van der Waals surface area contributed by atoms with Gasteiger partial charge >= 0.3 is 0 Å². The smallest absolute Gasteiger partial charge is 0.224 e. The van der Waals surface area contributed by atoms with Gasteiger partial charge in [0, 0.05) is 19.3 Å². The number of hydrogen-bond donors (Lipinski definition) is 1. The molecule has 0 radical (unpaired) electrons. The van der Waals surface area contributed by atoms with Crippen LogP contribution in [0.4, 0.5) is 5.82 Å². The normalized spacial score (nSPS) is 16.7. The lowest BCUT2D eigenvalue weighted by Gasteiger charge is -2.34. The Kier molecular flexibility index (Phi) is 3.05. The highest BCUT2D eigenvalue weighted by Crippen LogP contribution is 2.26. The maximum absolute atomic E-state index is 9.99. The van der Waals surface area contributed by atoms with Crippen LogP contribution in [-0.4, -0.2) is 54.3 Å². The van der Waals surface area contributed by atoms with Crippen LogP contribution in [0.1, 0.15) is 0 Å². The molecule has 8 heteroatoms. The highest BCUT2D eigenvalue weighted by molar-refractivity contribution is 6.38. The SMILES string of the molecule is BC(B)(O)N1CCN(c2ccnc(Cl)n2)C1=C. The van der Waals surface area contributed by atoms with Crippen LogP contribution >= 0.6 is 11.6 Å². The summed E-state index contributed by atoms with van der Waals surface area (Å²) in [5.41, 5.74) is -0.928. The maximum Gasteiger partial charge on any atom is 0.224 e. The summed E-state index contributed by atoms with van der Waals surface area (Å²) in [5.74, 6) is 1.41. The van der Waals surface area contributed by atoms with Crippen molar-refractivity contribution >= 4 is 33.1 Å². The van der Waals surface area contributed by atoms with E-state index in [0.717, 1.165) is 6.54 Å². The van der Waals surface area contributed by atoms with Gasteiger partial charge in [-0.2, -0.15) is 0 Å². The van der Waals surface area contributed by atoms with Crippen molar-refractivity contribution in [2.75, 3.05) is 18.0 Å². The molecule has 0 aromatic carbocycles. The van der Waals surface area contributed by atoms with Crippen molar-refractivity contribution in [3.05, 3.63) is 29.9 Å². The molecule has 2 heterocycles. The largest absolute Gasteiger partial charge is 0.388 e. The van der Waals surface area contributed by atoms with Crippen molar-refractivity contribution in [1.82, 2.24) is 14.9 Å². The molecule has 1 aromatic rings. The molecule has 0 aliphatic carbocycles. The Bertz CT molecular complexity index is 451. The Hall–Kier alpha value is -1.20. The first-order valence-corrected chi connectivity index (χ1v) is 5.72. The fourth-order valence-corrected chi connectivity index (χ4v) is 2.06. The van der Waals surface area contributed by atoms with Gasteiger partial charge in [0.25, 0.3) is 0 Å². The Morgan fingerprint density at radius 3 is 2.71 bits per heavy atom. The van der Waals surface area contributed by atoms with Crippen LogP contribution in [0.15, 0.2) is 24.7 Å². The van der Waals surface area contributed by atoms with Gasteiger partial charge in [0.1, 0.15) is 11.6 Å². The summed E-state index contributed by atoms with van der Waals surface area (Å²) in [4.78, 5) is 11.7. The van der Waals surface area contributed by atoms with Gasteiger partial charge in [-0.05, 0) is 17.7 Å². The molecule has 2 rings (SSSR count). The Morgan fingerprint density at radius 2 is 2.18 bits per heavy atom. The van der Waals surface area contributed by atoms with Crippen molar-refractivity contribution < 1.29 is 5.11 Å². The second kappa shape index (κ2) is 4.23. The van der Waals surface area contributed by atoms with Gasteiger partial charge in [-0.15, -0.1) is 0 Å². The van der Waals surface area contributed by atoms with Crippen LogP contribution in [-0.2, 0) is 0 Å². The van der Waals surface area contributed by atoms with E-state index in [2.05, 4.69) is 16.5 Å². The third kappa shape index (κ3) is 2.40. The van der Waals surface area contributed by atoms with Gasteiger partial charge in [0.15, 0.2) is 15.7 Å². The molecule has 17 heavy (non-hydrogen) atoms. The Balaban J connectivity index is 2.24. The first-order chi connectivity index (χ1) is 7.89. The zero-order valence-corrected chi connectivity index (χ0v) is 10.6. The van der Waals surface area contributed by atoms with E-state index >= 15 is 0 Å². The van der Waals surface area contributed by atoms with Gasteiger partial charge in [0.05, 0.1) is 5.52 Å². The van der Waals surface area contributed by atoms with Gasteiger partial charge < -0.3 is 14.9 Å². The predicted molar refractivity (Wildman–Crippen MR) is 72.3 cm³/mol. The fourth-order valence-electron chi connectivity index (χ4n) is 1.92. The molecule has 5 nitrogen and oxygen atoms in total. The molecule has 0 bridgehead atoms. The molecule has 1 aromatic heterocycles. The van der Waals surface area contributed by atoms with E-state index in [1.165, 1.54) is 0 Å². The lowest BCUT2D eigenvalue weighted by Crippen LogP contribution is -2.48. The molecule has 0 spiro atoms. The van der Waals surface area contributed by atoms with E-state index in [0.29, 0.717) is 18.2 Å². The van der Waals surface area contributed by atoms with E-state index < -0.39 is 5.52 Å². The maximum atomic E-state index is 9.99. The number of nitrogens with zero attached hydrogens (tertiary/aromatic N) is 4. The molecular formula is C9H13B2ClN4O. The summed E-state index contributed by atoms with van der Waals surface area (Å²) in [7, 11) is 3.46. The molecule has 0 atom stereocenters. The third-order valence-corrected chi connectivity index (χ3v) is 2.90. The molecule has 88 valence electrons. The van der Waals surface area contributed by atoms with Crippen LogP contribution in [0, 0.1) is 0 Å². The first-order valence-electron chi connectivity index (χ1n) is 5.34. The molecule has 1 N–H and O–H groups in total. The van der Waals surface area contributed by atoms with Gasteiger partial charge in [-0.1, -0.05) is 6.58 Å². The van der Waals surface area contributed by atoms with Gasteiger partial charge in [-0.25, -0.2) is 9.97 Å². The number of aliphatic hydroxyl groups is 1. The molecule has 0 saturated carbocycles. The van der Waals surface area contributed by atoms with Crippen LogP contribution in [0.3, 0.4) is 0 Å². The van der Waals surface area contributed by atoms with E-state index in [1.54, 1.807) is 28.0 Å². The van der Waals surface area contributed by atoms with Crippen LogP contribution in [0.5, 0.6) is 0 Å². The summed E-state index contributed by atoms with van der Waals surface area (Å²) >= 11 is 5.76. The zero-order chi connectivity index (χ0) is 12.6. The third-order valence-electron chi connectivity index (χ3n) is 2.72. The number of hydrogen-bond acceptors (Lipinski definition) is 5. The van der Waals surface area contributed by atoms with Gasteiger partial charge in [-0.3, -0.25) is 0 Å². The van der Waals surface area contributed by atoms with E-state index in [4.69, 9.17) is 11.6 Å². The standard InChI is InChI=1S/C9H13B2ClN4O/c1-6-15(4-5-16(6)9(10,11)17)7-2-3-13-8(12)14-7/h2-3,17H,1,4-5,10-11H2. The number of halogens is 1. The molecule has 1 saturated heterocycles. The van der Waals surface area contributed by atoms with Crippen molar-refractivity contribution in [3.63, 3.8) is 0 Å². The Labute approximate surface area is 107 Å². The van der Waals surface area contributed by atoms with Gasteiger partial charge in [0.2, 0.25) is 5.28 Å². The average molecular weight is 250 g/mol. The van der Waals surface area contributed by atoms with E-state index in [1.807, 2.05) is 9.80 Å². The minimum Gasteiger partial charge on any atom is -0.388 e. The molecular weight excluding hydrogens is 237 g/mol. The highest BCUT2D eigenvalue weighted by atomic mass is 35.5. The lowest BCUT2D eigenvalue weighted by molar-refractivity contribution is 0.0718. The fraction of sp³-hybridized carbons (Fsp3) is 0.333. The van der Waals surface area contributed by atoms with Crippen molar-refractivity contribution in [3.8, 4) is 0 Å². The minimum absolute atomic E-state index is 0.206. The number of anilines is 1. The van der Waals surface area contributed by atoms with Crippen LogP contribution in [0.2, 0.25) is 5.28 Å². The molecule has 0 unspecified atom stereocenters. The number of aromatic nitrogens is 2. The van der Waals surface area contributed by atoms with E-state index in [-0.39, 0.29) is 5.28 Å². The number of rotatable bonds is 2. The topological polar surface area (TPSA) is 52.5 Å². The first kappa shape index (κ1) is 12.3. The Morgan fingerprint density at radius 1 is 1.47 bits per heavy atom. The summed E-state index contributed by atoms with van der Waals surface area (Å²) in [6.07, 6.45) is 1.60. The highest BCUT2D eigenvalue weighted by Gasteiger charge is 2.33. The van der Waals surface area contributed by atoms with Crippen molar-refractivity contribution in [1.29, 1.82) is 0 Å². The monoisotopic (exact) mass is 250 g/mol. The van der Waals surface area contributed by atoms with Crippen LogP contribution in [0.25, 0.3) is 0 Å². The molecule has 1 aliphatic rings. The van der Waals surface area contributed by atoms with Crippen LogP contribution < -0.4 is 4.90 Å². The minimum atomic E-state index is -0.928. The second-order valence-electron chi connectivity index (χ2n) is 4.40. The zero-order valence-electron chi connectivity index (χ0n) is 9.89.